The van der Waals surface area contributed by atoms with Crippen molar-refractivity contribution in [2.75, 3.05) is 10.6 Å². The minimum Gasteiger partial charge on any atom is -0.308 e. The van der Waals surface area contributed by atoms with E-state index in [-0.39, 0.29) is 5.69 Å². The fourth-order valence-corrected chi connectivity index (χ4v) is 2.59. The van der Waals surface area contributed by atoms with E-state index >= 15 is 0 Å². The Morgan fingerprint density at radius 1 is 0.793 bits per heavy atom. The topological polar surface area (TPSA) is 65.8 Å². The summed E-state index contributed by atoms with van der Waals surface area (Å²) in [6, 6.07) is 18.1. The number of carbonyl (C=O) groups is 1. The number of rotatable bonds is 4. The summed E-state index contributed by atoms with van der Waals surface area (Å²) in [5, 5.41) is 12.6. The van der Waals surface area contributed by atoms with Gasteiger partial charge in [0.1, 0.15) is 0 Å². The second kappa shape index (κ2) is 8.74. The molecule has 0 aliphatic carbocycles. The first kappa shape index (κ1) is 20.3. The van der Waals surface area contributed by atoms with Crippen molar-refractivity contribution in [1.82, 2.24) is 0 Å². The molecule has 0 saturated carbocycles. The highest BCUT2D eigenvalue weighted by Crippen LogP contribution is 2.36. The van der Waals surface area contributed by atoms with Gasteiger partial charge in [0.25, 0.3) is 0 Å². The van der Waals surface area contributed by atoms with E-state index in [9.17, 15) is 18.0 Å². The fraction of sp³-hybridized carbons (Fsp3) is 0.0500. The summed E-state index contributed by atoms with van der Waals surface area (Å²) >= 11 is 5.57. The zero-order chi connectivity index (χ0) is 20.9. The lowest BCUT2D eigenvalue weighted by molar-refractivity contribution is -0.137. The van der Waals surface area contributed by atoms with Crippen LogP contribution in [0.2, 0.25) is 5.02 Å². The van der Waals surface area contributed by atoms with Crippen LogP contribution in [0.15, 0.2) is 83.0 Å². The third kappa shape index (κ3) is 5.79. The van der Waals surface area contributed by atoms with Crippen molar-refractivity contribution in [2.24, 2.45) is 10.2 Å². The maximum absolute atomic E-state index is 12.9. The largest absolute Gasteiger partial charge is 0.417 e. The van der Waals surface area contributed by atoms with Gasteiger partial charge in [0.2, 0.25) is 0 Å². The third-order valence-electron chi connectivity index (χ3n) is 3.67. The average Bonchev–Trinajstić information content (AvgIpc) is 2.68. The summed E-state index contributed by atoms with van der Waals surface area (Å²) in [6.45, 7) is 0. The number of urea groups is 1. The molecule has 0 aromatic heterocycles. The predicted octanol–water partition coefficient (Wildman–Crippen LogP) is 7.42. The van der Waals surface area contributed by atoms with E-state index < -0.39 is 22.8 Å². The molecule has 0 aliphatic heterocycles. The van der Waals surface area contributed by atoms with Crippen LogP contribution < -0.4 is 10.6 Å². The molecule has 0 saturated heterocycles. The van der Waals surface area contributed by atoms with Crippen LogP contribution in [0, 0.1) is 0 Å². The van der Waals surface area contributed by atoms with Gasteiger partial charge in [-0.2, -0.15) is 23.4 Å². The maximum Gasteiger partial charge on any atom is 0.417 e. The molecule has 3 aromatic rings. The zero-order valence-corrected chi connectivity index (χ0v) is 15.5. The van der Waals surface area contributed by atoms with Gasteiger partial charge in [-0.25, -0.2) is 4.79 Å². The van der Waals surface area contributed by atoms with E-state index in [1.54, 1.807) is 36.4 Å². The summed E-state index contributed by atoms with van der Waals surface area (Å²) < 4.78 is 38.8. The lowest BCUT2D eigenvalue weighted by Gasteiger charge is -2.12. The Labute approximate surface area is 169 Å². The molecule has 148 valence electrons. The number of nitrogens with one attached hydrogen (secondary N) is 2. The van der Waals surface area contributed by atoms with Gasteiger partial charge in [0, 0.05) is 11.4 Å². The first-order valence-corrected chi connectivity index (χ1v) is 8.71. The third-order valence-corrected chi connectivity index (χ3v) is 4.00. The molecule has 9 heteroatoms. The highest BCUT2D eigenvalue weighted by molar-refractivity contribution is 6.31. The van der Waals surface area contributed by atoms with Crippen molar-refractivity contribution in [3.63, 3.8) is 0 Å². The Hall–Kier alpha value is -3.39. The lowest BCUT2D eigenvalue weighted by Crippen LogP contribution is -2.19. The number of nitrogens with zero attached hydrogens (tertiary/aromatic N) is 2. The van der Waals surface area contributed by atoms with Gasteiger partial charge in [-0.05, 0) is 48.5 Å². The minimum atomic E-state index is -4.62. The van der Waals surface area contributed by atoms with Crippen LogP contribution in [-0.2, 0) is 6.18 Å². The molecule has 0 heterocycles. The van der Waals surface area contributed by atoms with Crippen molar-refractivity contribution in [2.45, 2.75) is 6.18 Å². The van der Waals surface area contributed by atoms with E-state index in [2.05, 4.69) is 20.9 Å². The van der Waals surface area contributed by atoms with Crippen LogP contribution in [0.25, 0.3) is 0 Å². The molecule has 0 unspecified atom stereocenters. The summed E-state index contributed by atoms with van der Waals surface area (Å²) in [6.07, 6.45) is -4.62. The van der Waals surface area contributed by atoms with Gasteiger partial charge in [-0.1, -0.05) is 35.9 Å². The summed E-state index contributed by atoms with van der Waals surface area (Å²) in [7, 11) is 0. The number of hydrogen-bond donors (Lipinski definition) is 2. The smallest absolute Gasteiger partial charge is 0.308 e. The Balaban J connectivity index is 1.68. The van der Waals surface area contributed by atoms with Gasteiger partial charge >= 0.3 is 12.2 Å². The highest BCUT2D eigenvalue weighted by atomic mass is 35.5. The normalized spacial score (nSPS) is 11.4. The Kier molecular flexibility index (Phi) is 6.13. The first-order chi connectivity index (χ1) is 13.8. The van der Waals surface area contributed by atoms with Gasteiger partial charge < -0.3 is 10.6 Å². The lowest BCUT2D eigenvalue weighted by atomic mass is 10.2. The Morgan fingerprint density at radius 3 is 2.10 bits per heavy atom. The molecule has 0 radical (unpaired) electrons. The monoisotopic (exact) mass is 418 g/mol. The van der Waals surface area contributed by atoms with Crippen molar-refractivity contribution >= 4 is 40.4 Å². The number of hydrogen-bond acceptors (Lipinski definition) is 3. The molecule has 0 bridgehead atoms. The van der Waals surface area contributed by atoms with Gasteiger partial charge in [-0.15, -0.1) is 0 Å². The van der Waals surface area contributed by atoms with Crippen LogP contribution in [-0.4, -0.2) is 6.03 Å². The first-order valence-electron chi connectivity index (χ1n) is 8.33. The van der Waals surface area contributed by atoms with Crippen LogP contribution in [0.1, 0.15) is 5.56 Å². The summed E-state index contributed by atoms with van der Waals surface area (Å²) in [5.41, 5.74) is 0.501. The van der Waals surface area contributed by atoms with E-state index in [0.717, 1.165) is 12.1 Å². The molecule has 0 fully saturated rings. The molecule has 2 amide bonds. The van der Waals surface area contributed by atoms with Crippen molar-refractivity contribution in [3.05, 3.63) is 83.4 Å². The minimum absolute atomic E-state index is 0.0425. The van der Waals surface area contributed by atoms with E-state index in [1.165, 1.54) is 6.07 Å². The second-order valence-corrected chi connectivity index (χ2v) is 6.26. The molecule has 3 aromatic carbocycles. The second-order valence-electron chi connectivity index (χ2n) is 5.86. The molecule has 5 nitrogen and oxygen atoms in total. The molecule has 29 heavy (non-hydrogen) atoms. The number of carbonyl (C=O) groups excluding carboxylic acids is 1. The molecular formula is C20H14ClF3N4O. The summed E-state index contributed by atoms with van der Waals surface area (Å²) in [4.78, 5) is 12.1. The number of amides is 2. The van der Waals surface area contributed by atoms with Crippen LogP contribution >= 0.6 is 11.6 Å². The van der Waals surface area contributed by atoms with Gasteiger partial charge in [-0.3, -0.25) is 0 Å². The number of benzene rings is 3. The van der Waals surface area contributed by atoms with Crippen LogP contribution in [0.5, 0.6) is 0 Å². The van der Waals surface area contributed by atoms with E-state index in [4.69, 9.17) is 11.6 Å². The Morgan fingerprint density at radius 2 is 1.41 bits per heavy atom. The fourth-order valence-electron chi connectivity index (χ4n) is 2.37. The molecule has 2 N–H and O–H groups in total. The van der Waals surface area contributed by atoms with Gasteiger partial charge in [0.05, 0.1) is 22.0 Å². The van der Waals surface area contributed by atoms with Crippen molar-refractivity contribution < 1.29 is 18.0 Å². The summed E-state index contributed by atoms with van der Waals surface area (Å²) in [5.74, 6) is 0. The number of azo groups is 1. The quantitative estimate of drug-likeness (QED) is 0.425. The molecule has 3 rings (SSSR count). The zero-order valence-electron chi connectivity index (χ0n) is 14.7. The van der Waals surface area contributed by atoms with Crippen LogP contribution in [0.4, 0.5) is 40.7 Å². The van der Waals surface area contributed by atoms with Crippen molar-refractivity contribution in [3.8, 4) is 0 Å². The number of halogens is 4. The molecule has 0 atom stereocenters. The van der Waals surface area contributed by atoms with E-state index in [0.29, 0.717) is 17.1 Å². The van der Waals surface area contributed by atoms with Crippen molar-refractivity contribution in [1.29, 1.82) is 0 Å². The number of anilines is 2. The molecule has 0 spiro atoms. The van der Waals surface area contributed by atoms with E-state index in [1.807, 2.05) is 18.2 Å². The SMILES string of the molecule is O=C(Nc1cccc(/N=N/c2ccccc2)c1)Nc1ccc(Cl)c(C(F)(F)F)c1. The maximum atomic E-state index is 12.9. The molecular weight excluding hydrogens is 405 g/mol. The number of alkyl halides is 3. The van der Waals surface area contributed by atoms with Gasteiger partial charge in [0.15, 0.2) is 0 Å². The highest BCUT2D eigenvalue weighted by Gasteiger charge is 2.33. The van der Waals surface area contributed by atoms with Crippen LogP contribution in [0.3, 0.4) is 0 Å². The standard InChI is InChI=1S/C20H14ClF3N4O/c21-18-10-9-15(12-17(18)20(22,23)24)26-19(29)25-14-7-4-8-16(11-14)28-27-13-5-2-1-3-6-13/h1-12H,(H2,25,26,29)/b28-27+. The molecule has 0 aliphatic rings. The Bertz CT molecular complexity index is 1040. The average molecular weight is 419 g/mol. The predicted molar refractivity (Wildman–Crippen MR) is 106 cm³/mol.